The maximum atomic E-state index is 12.0. The zero-order valence-electron chi connectivity index (χ0n) is 14.5. The van der Waals surface area contributed by atoms with Gasteiger partial charge in [0.25, 0.3) is 5.91 Å². The molecule has 2 aliphatic rings. The first-order valence-corrected chi connectivity index (χ1v) is 8.84. The normalized spacial score (nSPS) is 21.8. The summed E-state index contributed by atoms with van der Waals surface area (Å²) >= 11 is 0. The van der Waals surface area contributed by atoms with Crippen molar-refractivity contribution in [2.45, 2.75) is 77.3 Å². The van der Waals surface area contributed by atoms with Gasteiger partial charge in [-0.3, -0.25) is 14.4 Å². The van der Waals surface area contributed by atoms with E-state index in [-0.39, 0.29) is 5.91 Å². The summed E-state index contributed by atoms with van der Waals surface area (Å²) in [4.78, 5) is 49.4. The van der Waals surface area contributed by atoms with Crippen LogP contribution >= 0.6 is 0 Å². The molecular formula is C17H27N3O4. The molecule has 5 amide bonds. The van der Waals surface area contributed by atoms with Gasteiger partial charge in [0.1, 0.15) is 6.04 Å². The van der Waals surface area contributed by atoms with Crippen LogP contribution < -0.4 is 5.32 Å². The summed E-state index contributed by atoms with van der Waals surface area (Å²) in [6.07, 6.45) is 7.75. The minimum Gasteiger partial charge on any atom is -0.340 e. The molecule has 0 radical (unpaired) electrons. The zero-order valence-corrected chi connectivity index (χ0v) is 14.5. The number of carbonyl (C=O) groups excluding carboxylic acids is 4. The van der Waals surface area contributed by atoms with Crippen LogP contribution in [0.5, 0.6) is 0 Å². The fourth-order valence-electron chi connectivity index (χ4n) is 3.65. The highest BCUT2D eigenvalue weighted by atomic mass is 16.2. The molecule has 2 fully saturated rings. The lowest BCUT2D eigenvalue weighted by Crippen LogP contribution is -2.40. The number of hydrogen-bond acceptors (Lipinski definition) is 4. The largest absolute Gasteiger partial charge is 0.340 e. The van der Waals surface area contributed by atoms with E-state index in [4.69, 9.17) is 0 Å². The quantitative estimate of drug-likeness (QED) is 0.591. The average Bonchev–Trinajstić information content (AvgIpc) is 2.81. The monoisotopic (exact) mass is 337 g/mol. The first-order valence-electron chi connectivity index (χ1n) is 8.84. The standard InChI is InChI=1S/C17H27N3O4/c1-12(21)19(14-8-4-3-5-9-14)11-7-6-10-15-16(23)20(13(2)22)17(24)18-15/h14-15H,3-11H2,1-2H3,(H,18,24)/t15-/m0/s1. The van der Waals surface area contributed by atoms with Crippen LogP contribution in [-0.4, -0.2) is 52.2 Å². The summed E-state index contributed by atoms with van der Waals surface area (Å²) in [5.74, 6) is -0.918. The van der Waals surface area contributed by atoms with Crippen molar-refractivity contribution in [3.8, 4) is 0 Å². The summed E-state index contributed by atoms with van der Waals surface area (Å²) in [7, 11) is 0. The van der Waals surface area contributed by atoms with Crippen molar-refractivity contribution in [3.63, 3.8) is 0 Å². The number of carbonyl (C=O) groups is 4. The fraction of sp³-hybridized carbons (Fsp3) is 0.765. The van der Waals surface area contributed by atoms with Gasteiger partial charge in [0, 0.05) is 26.4 Å². The second-order valence-electron chi connectivity index (χ2n) is 6.69. The minimum absolute atomic E-state index is 0.106. The molecule has 0 bridgehead atoms. The van der Waals surface area contributed by atoms with Gasteiger partial charge < -0.3 is 10.2 Å². The lowest BCUT2D eigenvalue weighted by molar-refractivity contribution is -0.138. The second-order valence-corrected chi connectivity index (χ2v) is 6.69. The third kappa shape index (κ3) is 4.33. The van der Waals surface area contributed by atoms with Gasteiger partial charge in [0.05, 0.1) is 0 Å². The molecule has 0 aromatic rings. The van der Waals surface area contributed by atoms with Crippen molar-refractivity contribution in [1.29, 1.82) is 0 Å². The highest BCUT2D eigenvalue weighted by molar-refractivity contribution is 6.15. The molecule has 0 aromatic heterocycles. The summed E-state index contributed by atoms with van der Waals surface area (Å²) in [5, 5.41) is 2.55. The Kier molecular flexibility index (Phi) is 6.34. The lowest BCUT2D eigenvalue weighted by Gasteiger charge is -2.33. The van der Waals surface area contributed by atoms with E-state index in [9.17, 15) is 19.2 Å². The van der Waals surface area contributed by atoms with E-state index in [0.29, 0.717) is 23.9 Å². The Morgan fingerprint density at radius 3 is 2.33 bits per heavy atom. The lowest BCUT2D eigenvalue weighted by atomic mass is 9.94. The molecule has 134 valence electrons. The maximum absolute atomic E-state index is 12.0. The topological polar surface area (TPSA) is 86.8 Å². The Labute approximate surface area is 142 Å². The predicted octanol–water partition coefficient (Wildman–Crippen LogP) is 1.80. The van der Waals surface area contributed by atoms with Gasteiger partial charge in [-0.05, 0) is 32.1 Å². The Hall–Kier alpha value is -1.92. The Morgan fingerprint density at radius 1 is 1.12 bits per heavy atom. The Balaban J connectivity index is 1.77. The van der Waals surface area contributed by atoms with Crippen molar-refractivity contribution in [2.24, 2.45) is 0 Å². The molecule has 1 saturated heterocycles. The Morgan fingerprint density at radius 2 is 1.79 bits per heavy atom. The minimum atomic E-state index is -0.634. The van der Waals surface area contributed by atoms with E-state index in [1.165, 1.54) is 26.2 Å². The predicted molar refractivity (Wildman–Crippen MR) is 88.0 cm³/mol. The van der Waals surface area contributed by atoms with Crippen LogP contribution in [0.15, 0.2) is 0 Å². The number of urea groups is 1. The van der Waals surface area contributed by atoms with Crippen LogP contribution in [0.4, 0.5) is 4.79 Å². The molecule has 1 aliphatic carbocycles. The van der Waals surface area contributed by atoms with Gasteiger partial charge in [-0.15, -0.1) is 0 Å². The number of unbranched alkanes of at least 4 members (excludes halogenated alkanes) is 1. The van der Waals surface area contributed by atoms with Crippen LogP contribution in [-0.2, 0) is 14.4 Å². The average molecular weight is 337 g/mol. The van der Waals surface area contributed by atoms with E-state index >= 15 is 0 Å². The molecule has 1 atom stereocenters. The number of nitrogens with zero attached hydrogens (tertiary/aromatic N) is 2. The van der Waals surface area contributed by atoms with Crippen LogP contribution in [0.3, 0.4) is 0 Å². The van der Waals surface area contributed by atoms with Gasteiger partial charge in [-0.1, -0.05) is 19.3 Å². The van der Waals surface area contributed by atoms with Crippen LogP contribution in [0.2, 0.25) is 0 Å². The molecule has 1 heterocycles. The first-order chi connectivity index (χ1) is 11.4. The molecule has 1 aliphatic heterocycles. The molecule has 7 nitrogen and oxygen atoms in total. The third-order valence-electron chi connectivity index (χ3n) is 4.90. The van der Waals surface area contributed by atoms with Gasteiger partial charge in [0.15, 0.2) is 0 Å². The maximum Gasteiger partial charge on any atom is 0.331 e. The van der Waals surface area contributed by atoms with Gasteiger partial charge in [0.2, 0.25) is 11.8 Å². The van der Waals surface area contributed by atoms with Crippen LogP contribution in [0, 0.1) is 0 Å². The molecule has 24 heavy (non-hydrogen) atoms. The molecule has 2 rings (SSSR count). The summed E-state index contributed by atoms with van der Waals surface area (Å²) in [6, 6.07) is -0.913. The van der Waals surface area contributed by atoms with Crippen molar-refractivity contribution >= 4 is 23.8 Å². The number of nitrogens with one attached hydrogen (secondary N) is 1. The third-order valence-corrected chi connectivity index (χ3v) is 4.90. The van der Waals surface area contributed by atoms with Gasteiger partial charge >= 0.3 is 6.03 Å². The van der Waals surface area contributed by atoms with Crippen LogP contribution in [0.25, 0.3) is 0 Å². The summed E-state index contributed by atoms with van der Waals surface area (Å²) < 4.78 is 0. The van der Waals surface area contributed by atoms with Crippen molar-refractivity contribution < 1.29 is 19.2 Å². The van der Waals surface area contributed by atoms with E-state index in [0.717, 1.165) is 25.7 Å². The highest BCUT2D eigenvalue weighted by Crippen LogP contribution is 2.23. The molecule has 7 heteroatoms. The van der Waals surface area contributed by atoms with Crippen molar-refractivity contribution in [2.75, 3.05) is 6.54 Å². The fourth-order valence-corrected chi connectivity index (χ4v) is 3.65. The first kappa shape index (κ1) is 18.4. The number of rotatable bonds is 6. The molecule has 1 saturated carbocycles. The number of hydrogen-bond donors (Lipinski definition) is 1. The zero-order chi connectivity index (χ0) is 17.7. The molecular weight excluding hydrogens is 310 g/mol. The molecule has 0 aromatic carbocycles. The van der Waals surface area contributed by atoms with Gasteiger partial charge in [-0.2, -0.15) is 4.90 Å². The number of amides is 5. The molecule has 0 spiro atoms. The van der Waals surface area contributed by atoms with E-state index < -0.39 is 23.9 Å². The Bertz CT molecular complexity index is 514. The van der Waals surface area contributed by atoms with Gasteiger partial charge in [-0.25, -0.2) is 4.79 Å². The van der Waals surface area contributed by atoms with E-state index in [2.05, 4.69) is 5.32 Å². The SMILES string of the molecule is CC(=O)N1C(=O)N[C@@H](CCCCN(C(C)=O)C2CCCCC2)C1=O. The molecule has 1 N–H and O–H groups in total. The highest BCUT2D eigenvalue weighted by Gasteiger charge is 2.40. The van der Waals surface area contributed by atoms with Crippen molar-refractivity contribution in [1.82, 2.24) is 15.1 Å². The summed E-state index contributed by atoms with van der Waals surface area (Å²) in [6.45, 7) is 3.50. The van der Waals surface area contributed by atoms with Crippen LogP contribution in [0.1, 0.15) is 65.2 Å². The summed E-state index contributed by atoms with van der Waals surface area (Å²) in [5.41, 5.74) is 0. The smallest absolute Gasteiger partial charge is 0.331 e. The van der Waals surface area contributed by atoms with Crippen molar-refractivity contribution in [3.05, 3.63) is 0 Å². The van der Waals surface area contributed by atoms with E-state index in [1.54, 1.807) is 6.92 Å². The number of imide groups is 3. The van der Waals surface area contributed by atoms with E-state index in [1.807, 2.05) is 4.90 Å². The molecule has 0 unspecified atom stereocenters. The second kappa shape index (κ2) is 8.26.